The second-order valence-corrected chi connectivity index (χ2v) is 22.1. The Morgan fingerprint density at radius 2 is 0.726 bits per heavy atom. The second kappa shape index (κ2) is 62.4. The average Bonchev–Trinajstić information content (AvgIpc) is 3.39. The lowest BCUT2D eigenvalue weighted by atomic mass is 10.0. The number of amides is 1. The van der Waals surface area contributed by atoms with Crippen LogP contribution in [-0.4, -0.2) is 47.4 Å². The molecular weight excluding hydrogens is 899 g/mol. The monoisotopic (exact) mass is 1020 g/mol. The molecule has 1 amide bonds. The molecule has 6 nitrogen and oxygen atoms in total. The van der Waals surface area contributed by atoms with Gasteiger partial charge in [0.15, 0.2) is 0 Å². The summed E-state index contributed by atoms with van der Waals surface area (Å²) in [6.07, 6.45) is 79.8. The number of allylic oxidation sites excluding steroid dienone is 8. The van der Waals surface area contributed by atoms with Crippen molar-refractivity contribution in [2.45, 2.75) is 353 Å². The molecule has 0 bridgehead atoms. The van der Waals surface area contributed by atoms with Gasteiger partial charge in [-0.15, -0.1) is 0 Å². The van der Waals surface area contributed by atoms with Crippen molar-refractivity contribution >= 4 is 11.9 Å². The first-order valence-electron chi connectivity index (χ1n) is 32.4. The summed E-state index contributed by atoms with van der Waals surface area (Å²) < 4.78 is 5.45. The number of ether oxygens (including phenoxy) is 1. The Hall–Kier alpha value is -2.18. The van der Waals surface area contributed by atoms with Crippen LogP contribution in [0.25, 0.3) is 0 Å². The zero-order valence-electron chi connectivity index (χ0n) is 48.9. The summed E-state index contributed by atoms with van der Waals surface area (Å²) in [4.78, 5) is 24.6. The molecule has 0 spiro atoms. The molecule has 6 heteroatoms. The highest BCUT2D eigenvalue weighted by atomic mass is 16.5. The summed E-state index contributed by atoms with van der Waals surface area (Å²) in [7, 11) is 0. The molecule has 0 heterocycles. The fraction of sp³-hybridized carbons (Fsp3) is 0.851. The lowest BCUT2D eigenvalue weighted by Crippen LogP contribution is -2.45. The van der Waals surface area contributed by atoms with Crippen LogP contribution < -0.4 is 5.32 Å². The third kappa shape index (κ3) is 58.9. The number of hydrogen-bond donors (Lipinski definition) is 3. The van der Waals surface area contributed by atoms with Gasteiger partial charge in [-0.1, -0.05) is 287 Å². The van der Waals surface area contributed by atoms with Gasteiger partial charge in [-0.25, -0.2) is 0 Å². The molecule has 3 N–H and O–H groups in total. The Morgan fingerprint density at radius 3 is 1.14 bits per heavy atom. The van der Waals surface area contributed by atoms with E-state index in [-0.39, 0.29) is 18.5 Å². The molecule has 0 aromatic heterocycles. The minimum atomic E-state index is -0.673. The SMILES string of the molecule is CCCCCC/C=C\C/C=C\CCCCCCCC(=O)OCCCCC/C=C\C=C/CCCCCCCCCCCCC(=O)NC(CO)C(O)CCCCCCCCCCCCCCCCCCCCCCC. The van der Waals surface area contributed by atoms with Crippen molar-refractivity contribution in [3.05, 3.63) is 48.6 Å². The van der Waals surface area contributed by atoms with Crippen LogP contribution in [-0.2, 0) is 14.3 Å². The van der Waals surface area contributed by atoms with E-state index in [0.717, 1.165) is 77.0 Å². The fourth-order valence-corrected chi connectivity index (χ4v) is 9.90. The summed E-state index contributed by atoms with van der Waals surface area (Å²) in [5.74, 6) is -0.0694. The minimum Gasteiger partial charge on any atom is -0.466 e. The predicted octanol–water partition coefficient (Wildman–Crippen LogP) is 20.5. The van der Waals surface area contributed by atoms with Crippen LogP contribution >= 0.6 is 0 Å². The number of carbonyl (C=O) groups is 2. The first-order chi connectivity index (χ1) is 36.0. The maximum absolute atomic E-state index is 12.5. The Balaban J connectivity index is 3.48. The molecule has 0 aliphatic rings. The summed E-state index contributed by atoms with van der Waals surface area (Å²) >= 11 is 0. The van der Waals surface area contributed by atoms with Crippen molar-refractivity contribution in [3.63, 3.8) is 0 Å². The number of carbonyl (C=O) groups excluding carboxylic acids is 2. The molecule has 73 heavy (non-hydrogen) atoms. The van der Waals surface area contributed by atoms with Gasteiger partial charge < -0.3 is 20.3 Å². The molecule has 0 aromatic rings. The molecule has 428 valence electrons. The molecule has 0 radical (unpaired) electrons. The van der Waals surface area contributed by atoms with Gasteiger partial charge in [0.2, 0.25) is 5.91 Å². The summed E-state index contributed by atoms with van der Waals surface area (Å²) in [6, 6.07) is -0.552. The number of esters is 1. The Morgan fingerprint density at radius 1 is 0.397 bits per heavy atom. The molecule has 0 aliphatic heterocycles. The molecule has 0 aromatic carbocycles. The van der Waals surface area contributed by atoms with Crippen LogP contribution in [0.15, 0.2) is 48.6 Å². The Kier molecular flexibility index (Phi) is 60.5. The second-order valence-electron chi connectivity index (χ2n) is 22.1. The van der Waals surface area contributed by atoms with Crippen molar-refractivity contribution in [3.8, 4) is 0 Å². The fourth-order valence-electron chi connectivity index (χ4n) is 9.90. The molecule has 2 unspecified atom stereocenters. The molecule has 2 atom stereocenters. The highest BCUT2D eigenvalue weighted by Gasteiger charge is 2.20. The molecule has 0 rings (SSSR count). The number of aliphatic hydroxyl groups is 2. The largest absolute Gasteiger partial charge is 0.466 e. The van der Waals surface area contributed by atoms with E-state index >= 15 is 0 Å². The maximum atomic E-state index is 12.5. The van der Waals surface area contributed by atoms with Gasteiger partial charge in [-0.2, -0.15) is 0 Å². The lowest BCUT2D eigenvalue weighted by molar-refractivity contribution is -0.143. The summed E-state index contributed by atoms with van der Waals surface area (Å²) in [5.41, 5.74) is 0. The smallest absolute Gasteiger partial charge is 0.305 e. The number of nitrogens with one attached hydrogen (secondary N) is 1. The number of unbranched alkanes of at least 4 members (excludes halogenated alkanes) is 42. The van der Waals surface area contributed by atoms with Crippen LogP contribution in [0.1, 0.15) is 341 Å². The summed E-state index contributed by atoms with van der Waals surface area (Å²) in [5, 5.41) is 23.4. The minimum absolute atomic E-state index is 0.0266. The van der Waals surface area contributed by atoms with E-state index in [1.54, 1.807) is 0 Å². The lowest BCUT2D eigenvalue weighted by Gasteiger charge is -2.22. The van der Waals surface area contributed by atoms with Gasteiger partial charge in [-0.3, -0.25) is 9.59 Å². The van der Waals surface area contributed by atoms with Crippen molar-refractivity contribution < 1.29 is 24.5 Å². The third-order valence-electron chi connectivity index (χ3n) is 14.9. The standard InChI is InChI=1S/C67H125NO5/c1-3-5-7-9-11-13-15-17-19-21-22-23-25-28-31-35-39-43-47-51-55-59-65(70)64(63-69)68-66(71)60-56-52-48-44-40-36-32-29-26-24-27-30-34-38-42-46-50-54-58-62-73-67(72)61-57-53-49-45-41-37-33-20-18-16-14-12-10-8-6-4-2/h14,16,20,30,33-34,38,42,64-65,69-70H,3-13,15,17-19,21-29,31-32,35-37,39-41,43-63H2,1-2H3,(H,68,71)/b16-14-,33-20-,34-30-,42-38-. The van der Waals surface area contributed by atoms with E-state index in [4.69, 9.17) is 4.74 Å². The predicted molar refractivity (Wildman–Crippen MR) is 319 cm³/mol. The highest BCUT2D eigenvalue weighted by molar-refractivity contribution is 5.76. The van der Waals surface area contributed by atoms with Crippen molar-refractivity contribution in [1.82, 2.24) is 5.32 Å². The van der Waals surface area contributed by atoms with E-state index in [1.807, 2.05) is 0 Å². The molecule has 0 saturated carbocycles. The number of hydrogen-bond acceptors (Lipinski definition) is 5. The highest BCUT2D eigenvalue weighted by Crippen LogP contribution is 2.18. The third-order valence-corrected chi connectivity index (χ3v) is 14.9. The number of rotatable bonds is 60. The molecular formula is C67H125NO5. The van der Waals surface area contributed by atoms with Gasteiger partial charge in [0.25, 0.3) is 0 Å². The maximum Gasteiger partial charge on any atom is 0.305 e. The molecule has 0 aliphatic carbocycles. The average molecular weight is 1020 g/mol. The van der Waals surface area contributed by atoms with E-state index < -0.39 is 12.1 Å². The van der Waals surface area contributed by atoms with Gasteiger partial charge in [0.1, 0.15) is 0 Å². The number of aliphatic hydroxyl groups excluding tert-OH is 2. The van der Waals surface area contributed by atoms with Crippen molar-refractivity contribution in [2.75, 3.05) is 13.2 Å². The quantitative estimate of drug-likeness (QED) is 0.0244. The summed E-state index contributed by atoms with van der Waals surface area (Å²) in [6.45, 7) is 4.91. The first kappa shape index (κ1) is 70.8. The Labute approximate surface area is 455 Å². The van der Waals surface area contributed by atoms with Crippen LogP contribution in [0.4, 0.5) is 0 Å². The van der Waals surface area contributed by atoms with E-state index in [9.17, 15) is 19.8 Å². The normalized spacial score (nSPS) is 12.9. The first-order valence-corrected chi connectivity index (χ1v) is 32.4. The van der Waals surface area contributed by atoms with Crippen LogP contribution in [0, 0.1) is 0 Å². The van der Waals surface area contributed by atoms with E-state index in [2.05, 4.69) is 67.8 Å². The zero-order valence-corrected chi connectivity index (χ0v) is 48.9. The molecule has 0 fully saturated rings. The van der Waals surface area contributed by atoms with Crippen molar-refractivity contribution in [2.24, 2.45) is 0 Å². The van der Waals surface area contributed by atoms with E-state index in [1.165, 1.54) is 231 Å². The van der Waals surface area contributed by atoms with Gasteiger partial charge in [-0.05, 0) is 89.9 Å². The van der Waals surface area contributed by atoms with Gasteiger partial charge in [0, 0.05) is 12.8 Å². The van der Waals surface area contributed by atoms with Gasteiger partial charge in [0.05, 0.1) is 25.4 Å². The van der Waals surface area contributed by atoms with Gasteiger partial charge >= 0.3 is 5.97 Å². The van der Waals surface area contributed by atoms with Crippen LogP contribution in [0.2, 0.25) is 0 Å². The Bertz CT molecular complexity index is 1230. The van der Waals surface area contributed by atoms with E-state index in [0.29, 0.717) is 25.9 Å². The van der Waals surface area contributed by atoms with Crippen LogP contribution in [0.5, 0.6) is 0 Å². The van der Waals surface area contributed by atoms with Crippen LogP contribution in [0.3, 0.4) is 0 Å². The molecule has 0 saturated heterocycles. The topological polar surface area (TPSA) is 95.9 Å². The van der Waals surface area contributed by atoms with Crippen molar-refractivity contribution in [1.29, 1.82) is 0 Å². The zero-order chi connectivity index (χ0) is 52.9.